The second-order valence-corrected chi connectivity index (χ2v) is 5.09. The van der Waals surface area contributed by atoms with E-state index in [1.807, 2.05) is 73.7 Å². The van der Waals surface area contributed by atoms with Gasteiger partial charge in [-0.15, -0.1) is 0 Å². The summed E-state index contributed by atoms with van der Waals surface area (Å²) in [4.78, 5) is 11.8. The number of carbonyl (C=O) groups excluding carboxylic acids is 1. The number of carbonyl (C=O) groups is 1. The van der Waals surface area contributed by atoms with Crippen molar-refractivity contribution in [2.75, 3.05) is 19.0 Å². The highest BCUT2D eigenvalue weighted by molar-refractivity contribution is 5.97. The first-order chi connectivity index (χ1) is 11.7. The SMILES string of the molecule is COc1ccccc1NCC(=O)N/N=C(C)/C=C\c1ccccc1. The summed E-state index contributed by atoms with van der Waals surface area (Å²) in [5.74, 6) is 0.462. The third kappa shape index (κ3) is 5.61. The minimum Gasteiger partial charge on any atom is -0.495 e. The van der Waals surface area contributed by atoms with Crippen molar-refractivity contribution in [1.29, 1.82) is 0 Å². The second kappa shape index (κ2) is 9.15. The fraction of sp³-hybridized carbons (Fsp3) is 0.158. The molecule has 2 aromatic rings. The van der Waals surface area contributed by atoms with Gasteiger partial charge in [0.05, 0.1) is 25.1 Å². The van der Waals surface area contributed by atoms with Crippen molar-refractivity contribution >= 4 is 23.4 Å². The number of anilines is 1. The number of nitrogens with one attached hydrogen (secondary N) is 2. The van der Waals surface area contributed by atoms with E-state index in [1.165, 1.54) is 0 Å². The molecule has 0 spiro atoms. The number of rotatable bonds is 7. The molecule has 1 amide bonds. The normalized spacial score (nSPS) is 11.3. The average molecular weight is 323 g/mol. The number of hydrazone groups is 1. The quantitative estimate of drug-likeness (QED) is 0.607. The van der Waals surface area contributed by atoms with E-state index in [0.29, 0.717) is 11.5 Å². The highest BCUT2D eigenvalue weighted by Crippen LogP contribution is 2.22. The molecule has 0 atom stereocenters. The number of hydrogen-bond donors (Lipinski definition) is 2. The second-order valence-electron chi connectivity index (χ2n) is 5.09. The monoisotopic (exact) mass is 323 g/mol. The summed E-state index contributed by atoms with van der Waals surface area (Å²) in [6.07, 6.45) is 3.79. The molecule has 2 N–H and O–H groups in total. The Morgan fingerprint density at radius 3 is 2.58 bits per heavy atom. The summed E-state index contributed by atoms with van der Waals surface area (Å²) in [6, 6.07) is 17.3. The maximum Gasteiger partial charge on any atom is 0.259 e. The molecule has 0 saturated carbocycles. The van der Waals surface area contributed by atoms with Crippen molar-refractivity contribution in [3.8, 4) is 5.75 Å². The molecule has 0 aliphatic rings. The van der Waals surface area contributed by atoms with Gasteiger partial charge in [-0.2, -0.15) is 5.10 Å². The van der Waals surface area contributed by atoms with Gasteiger partial charge in [-0.25, -0.2) is 5.43 Å². The van der Waals surface area contributed by atoms with E-state index < -0.39 is 0 Å². The molecule has 5 nitrogen and oxygen atoms in total. The van der Waals surface area contributed by atoms with E-state index in [2.05, 4.69) is 15.8 Å². The number of ether oxygens (including phenoxy) is 1. The van der Waals surface area contributed by atoms with Crippen LogP contribution in [0.1, 0.15) is 12.5 Å². The van der Waals surface area contributed by atoms with E-state index in [0.717, 1.165) is 11.3 Å². The van der Waals surface area contributed by atoms with Crippen molar-refractivity contribution in [1.82, 2.24) is 5.43 Å². The van der Waals surface area contributed by atoms with Crippen LogP contribution in [0.4, 0.5) is 5.69 Å². The Hall–Kier alpha value is -3.08. The zero-order valence-electron chi connectivity index (χ0n) is 13.8. The van der Waals surface area contributed by atoms with Gasteiger partial charge >= 0.3 is 0 Å². The Kier molecular flexibility index (Phi) is 6.58. The van der Waals surface area contributed by atoms with Crippen LogP contribution < -0.4 is 15.5 Å². The fourth-order valence-electron chi connectivity index (χ4n) is 1.97. The van der Waals surface area contributed by atoms with Crippen LogP contribution >= 0.6 is 0 Å². The molecule has 0 saturated heterocycles. The Balaban J connectivity index is 1.82. The number of benzene rings is 2. The Labute approximate surface area is 142 Å². The van der Waals surface area contributed by atoms with Gasteiger partial charge in [0, 0.05) is 0 Å². The van der Waals surface area contributed by atoms with Gasteiger partial charge in [0.25, 0.3) is 5.91 Å². The molecule has 5 heteroatoms. The largest absolute Gasteiger partial charge is 0.495 e. The van der Waals surface area contributed by atoms with E-state index >= 15 is 0 Å². The Bertz CT molecular complexity index is 724. The van der Waals surface area contributed by atoms with E-state index in [1.54, 1.807) is 7.11 Å². The zero-order chi connectivity index (χ0) is 17.2. The summed E-state index contributed by atoms with van der Waals surface area (Å²) in [5.41, 5.74) is 5.08. The number of methoxy groups -OCH3 is 1. The summed E-state index contributed by atoms with van der Waals surface area (Å²) in [5, 5.41) is 7.07. The molecule has 0 bridgehead atoms. The van der Waals surface area contributed by atoms with E-state index in [-0.39, 0.29) is 12.5 Å². The van der Waals surface area contributed by atoms with Crippen molar-refractivity contribution in [3.63, 3.8) is 0 Å². The Morgan fingerprint density at radius 2 is 1.83 bits per heavy atom. The third-order valence-electron chi connectivity index (χ3n) is 3.22. The molecular weight excluding hydrogens is 302 g/mol. The maximum absolute atomic E-state index is 11.8. The minimum absolute atomic E-state index is 0.111. The molecule has 0 unspecified atom stereocenters. The topological polar surface area (TPSA) is 62.7 Å². The highest BCUT2D eigenvalue weighted by atomic mass is 16.5. The maximum atomic E-state index is 11.8. The van der Waals surface area contributed by atoms with Crippen LogP contribution in [0.5, 0.6) is 5.75 Å². The lowest BCUT2D eigenvalue weighted by atomic mass is 10.2. The average Bonchev–Trinajstić information content (AvgIpc) is 2.64. The molecule has 0 radical (unpaired) electrons. The van der Waals surface area contributed by atoms with Gasteiger partial charge in [-0.1, -0.05) is 48.5 Å². The zero-order valence-corrected chi connectivity index (χ0v) is 13.8. The molecule has 0 aliphatic carbocycles. The van der Waals surface area contributed by atoms with Crippen molar-refractivity contribution < 1.29 is 9.53 Å². The molecule has 24 heavy (non-hydrogen) atoms. The molecule has 0 aliphatic heterocycles. The number of amides is 1. The van der Waals surface area contributed by atoms with Crippen LogP contribution in [-0.2, 0) is 4.79 Å². The van der Waals surface area contributed by atoms with Crippen LogP contribution in [-0.4, -0.2) is 25.3 Å². The minimum atomic E-state index is -0.228. The van der Waals surface area contributed by atoms with Crippen LogP contribution in [0.25, 0.3) is 6.08 Å². The lowest BCUT2D eigenvalue weighted by Crippen LogP contribution is -2.26. The summed E-state index contributed by atoms with van der Waals surface area (Å²) >= 11 is 0. The fourth-order valence-corrected chi connectivity index (χ4v) is 1.97. The van der Waals surface area contributed by atoms with Crippen molar-refractivity contribution in [2.24, 2.45) is 5.10 Å². The molecule has 0 aromatic heterocycles. The number of para-hydroxylation sites is 2. The van der Waals surface area contributed by atoms with Crippen molar-refractivity contribution in [2.45, 2.75) is 6.92 Å². The molecular formula is C19H21N3O2. The lowest BCUT2D eigenvalue weighted by molar-refractivity contribution is -0.119. The van der Waals surface area contributed by atoms with Crippen LogP contribution in [0.2, 0.25) is 0 Å². The van der Waals surface area contributed by atoms with Gasteiger partial charge in [0.2, 0.25) is 0 Å². The standard InChI is InChI=1S/C19H21N3O2/c1-15(12-13-16-8-4-3-5-9-16)21-22-19(23)14-20-17-10-6-7-11-18(17)24-2/h3-13,20H,14H2,1-2H3,(H,22,23)/b13-12-,21-15+. The van der Waals surface area contributed by atoms with Crippen LogP contribution in [0.15, 0.2) is 65.8 Å². The smallest absolute Gasteiger partial charge is 0.259 e. The van der Waals surface area contributed by atoms with Gasteiger partial charge in [-0.05, 0) is 30.7 Å². The summed E-state index contributed by atoms with van der Waals surface area (Å²) in [7, 11) is 1.59. The molecule has 0 heterocycles. The number of nitrogens with zero attached hydrogens (tertiary/aromatic N) is 1. The number of allylic oxidation sites excluding steroid dienone is 1. The number of hydrogen-bond acceptors (Lipinski definition) is 4. The predicted molar refractivity (Wildman–Crippen MR) is 98.2 cm³/mol. The Morgan fingerprint density at radius 1 is 1.12 bits per heavy atom. The van der Waals surface area contributed by atoms with Gasteiger partial charge in [0.1, 0.15) is 5.75 Å². The van der Waals surface area contributed by atoms with E-state index in [9.17, 15) is 4.79 Å². The van der Waals surface area contributed by atoms with Gasteiger partial charge < -0.3 is 10.1 Å². The molecule has 0 fully saturated rings. The lowest BCUT2D eigenvalue weighted by Gasteiger charge is -2.09. The van der Waals surface area contributed by atoms with Crippen LogP contribution in [0, 0.1) is 0 Å². The first-order valence-electron chi connectivity index (χ1n) is 7.62. The first kappa shape index (κ1) is 17.3. The summed E-state index contributed by atoms with van der Waals surface area (Å²) in [6.45, 7) is 1.94. The van der Waals surface area contributed by atoms with E-state index in [4.69, 9.17) is 4.74 Å². The molecule has 2 aromatic carbocycles. The predicted octanol–water partition coefficient (Wildman–Crippen LogP) is 3.31. The van der Waals surface area contributed by atoms with Gasteiger partial charge in [-0.3, -0.25) is 4.79 Å². The van der Waals surface area contributed by atoms with Crippen LogP contribution in [0.3, 0.4) is 0 Å². The first-order valence-corrected chi connectivity index (χ1v) is 7.62. The highest BCUT2D eigenvalue weighted by Gasteiger charge is 2.03. The summed E-state index contributed by atoms with van der Waals surface area (Å²) < 4.78 is 5.22. The molecule has 124 valence electrons. The molecule has 2 rings (SSSR count). The van der Waals surface area contributed by atoms with Gasteiger partial charge in [0.15, 0.2) is 0 Å². The van der Waals surface area contributed by atoms with Crippen molar-refractivity contribution in [3.05, 3.63) is 66.2 Å². The third-order valence-corrected chi connectivity index (χ3v) is 3.22.